The predicted octanol–water partition coefficient (Wildman–Crippen LogP) is 1.72. The van der Waals surface area contributed by atoms with Gasteiger partial charge in [0.2, 0.25) is 0 Å². The van der Waals surface area contributed by atoms with Gasteiger partial charge in [-0.2, -0.15) is 0 Å². The monoisotopic (exact) mass is 344 g/mol. The first kappa shape index (κ1) is 13.0. The number of carbonyl (C=O) groups is 1. The second kappa shape index (κ2) is 5.93. The predicted molar refractivity (Wildman–Crippen MR) is 77.4 cm³/mol. The topological polar surface area (TPSA) is 23.6 Å². The number of Topliss-reactive ketones (excluding diaryl/α,β-unsaturated/α-hetero) is 1. The number of benzene rings is 1. The summed E-state index contributed by atoms with van der Waals surface area (Å²) in [4.78, 5) is 16.6. The summed E-state index contributed by atoms with van der Waals surface area (Å²) in [7, 11) is 2.12. The quantitative estimate of drug-likeness (QED) is 0.616. The maximum absolute atomic E-state index is 12.0. The van der Waals surface area contributed by atoms with Crippen molar-refractivity contribution in [2.45, 2.75) is 0 Å². The van der Waals surface area contributed by atoms with Gasteiger partial charge in [0.1, 0.15) is 0 Å². The molecule has 1 fully saturated rings. The molecular formula is C13H17IN2O. The third kappa shape index (κ3) is 3.76. The lowest BCUT2D eigenvalue weighted by molar-refractivity contribution is 0.0876. The molecule has 0 saturated carbocycles. The van der Waals surface area contributed by atoms with Gasteiger partial charge in [-0.25, -0.2) is 0 Å². The molecule has 3 nitrogen and oxygen atoms in total. The average molecular weight is 344 g/mol. The summed E-state index contributed by atoms with van der Waals surface area (Å²) in [6, 6.07) is 7.80. The van der Waals surface area contributed by atoms with Crippen molar-refractivity contribution in [3.63, 3.8) is 0 Å². The summed E-state index contributed by atoms with van der Waals surface area (Å²) in [6.45, 7) is 4.65. The van der Waals surface area contributed by atoms with E-state index in [0.29, 0.717) is 6.54 Å². The molecule has 0 atom stereocenters. The van der Waals surface area contributed by atoms with Gasteiger partial charge < -0.3 is 4.90 Å². The standard InChI is InChI=1S/C13H17IN2O/c1-15-6-8-16(9-7-15)10-13(17)11-2-4-12(14)5-3-11/h2-5H,6-10H2,1H3. The number of hydrogen-bond donors (Lipinski definition) is 0. The van der Waals surface area contributed by atoms with E-state index in [9.17, 15) is 4.79 Å². The molecule has 0 radical (unpaired) electrons. The third-order valence-corrected chi connectivity index (χ3v) is 3.85. The fourth-order valence-electron chi connectivity index (χ4n) is 1.94. The minimum Gasteiger partial charge on any atom is -0.304 e. The van der Waals surface area contributed by atoms with Gasteiger partial charge in [-0.3, -0.25) is 9.69 Å². The Hall–Kier alpha value is -0.460. The molecule has 0 spiro atoms. The van der Waals surface area contributed by atoms with Crippen LogP contribution in [0.15, 0.2) is 24.3 Å². The van der Waals surface area contributed by atoms with Crippen LogP contribution in [0.4, 0.5) is 0 Å². The molecule has 0 unspecified atom stereocenters. The molecule has 2 rings (SSSR count). The number of hydrogen-bond acceptors (Lipinski definition) is 3. The van der Waals surface area contributed by atoms with E-state index in [-0.39, 0.29) is 5.78 Å². The van der Waals surface area contributed by atoms with Gasteiger partial charge in [-0.1, -0.05) is 12.1 Å². The van der Waals surface area contributed by atoms with E-state index < -0.39 is 0 Å². The Kier molecular flexibility index (Phi) is 4.53. The van der Waals surface area contributed by atoms with Gasteiger partial charge in [-0.05, 0) is 41.8 Å². The molecule has 1 heterocycles. The second-order valence-electron chi connectivity index (χ2n) is 4.51. The van der Waals surface area contributed by atoms with E-state index in [1.165, 1.54) is 3.57 Å². The van der Waals surface area contributed by atoms with Crippen LogP contribution >= 0.6 is 22.6 Å². The van der Waals surface area contributed by atoms with E-state index in [0.717, 1.165) is 31.7 Å². The average Bonchev–Trinajstić information content (AvgIpc) is 2.33. The van der Waals surface area contributed by atoms with E-state index in [1.54, 1.807) is 0 Å². The zero-order chi connectivity index (χ0) is 12.3. The molecule has 4 heteroatoms. The molecule has 0 amide bonds. The largest absolute Gasteiger partial charge is 0.304 e. The maximum atomic E-state index is 12.0. The highest BCUT2D eigenvalue weighted by Crippen LogP contribution is 2.09. The Labute approximate surface area is 116 Å². The molecule has 17 heavy (non-hydrogen) atoms. The minimum absolute atomic E-state index is 0.228. The number of carbonyl (C=O) groups excluding carboxylic acids is 1. The van der Waals surface area contributed by atoms with Crippen LogP contribution in [0.5, 0.6) is 0 Å². The minimum atomic E-state index is 0.228. The summed E-state index contributed by atoms with van der Waals surface area (Å²) in [6.07, 6.45) is 0. The lowest BCUT2D eigenvalue weighted by Crippen LogP contribution is -2.46. The Morgan fingerprint density at radius 1 is 1.18 bits per heavy atom. The molecule has 92 valence electrons. The first-order valence-electron chi connectivity index (χ1n) is 5.85. The van der Waals surface area contributed by atoms with Gasteiger partial charge in [0.25, 0.3) is 0 Å². The lowest BCUT2D eigenvalue weighted by Gasteiger charge is -2.31. The van der Waals surface area contributed by atoms with Crippen LogP contribution in [0.2, 0.25) is 0 Å². The van der Waals surface area contributed by atoms with Crippen LogP contribution in [0.3, 0.4) is 0 Å². The molecular weight excluding hydrogens is 327 g/mol. The number of ketones is 1. The first-order valence-corrected chi connectivity index (χ1v) is 6.93. The maximum Gasteiger partial charge on any atom is 0.176 e. The van der Waals surface area contributed by atoms with Gasteiger partial charge in [-0.15, -0.1) is 0 Å². The van der Waals surface area contributed by atoms with E-state index >= 15 is 0 Å². The first-order chi connectivity index (χ1) is 8.15. The molecule has 1 aliphatic heterocycles. The molecule has 0 aliphatic carbocycles. The summed E-state index contributed by atoms with van der Waals surface area (Å²) in [5.41, 5.74) is 0.823. The normalized spacial score (nSPS) is 18.2. The molecule has 0 aromatic heterocycles. The number of nitrogens with zero attached hydrogens (tertiary/aromatic N) is 2. The Bertz CT molecular complexity index is 383. The van der Waals surface area contributed by atoms with Crippen LogP contribution in [0, 0.1) is 3.57 Å². The third-order valence-electron chi connectivity index (χ3n) is 3.13. The van der Waals surface area contributed by atoms with Crippen molar-refractivity contribution < 1.29 is 4.79 Å². The van der Waals surface area contributed by atoms with Gasteiger partial charge >= 0.3 is 0 Å². The fourth-order valence-corrected chi connectivity index (χ4v) is 2.30. The molecule has 1 aromatic carbocycles. The van der Waals surface area contributed by atoms with Crippen molar-refractivity contribution >= 4 is 28.4 Å². The number of piperazine rings is 1. The smallest absolute Gasteiger partial charge is 0.176 e. The van der Waals surface area contributed by atoms with Gasteiger partial charge in [0.15, 0.2) is 5.78 Å². The van der Waals surface area contributed by atoms with Crippen LogP contribution < -0.4 is 0 Å². The zero-order valence-corrected chi connectivity index (χ0v) is 12.2. The lowest BCUT2D eigenvalue weighted by atomic mass is 10.1. The second-order valence-corrected chi connectivity index (χ2v) is 5.76. The summed E-state index contributed by atoms with van der Waals surface area (Å²) in [5, 5.41) is 0. The van der Waals surface area contributed by atoms with Crippen LogP contribution in [-0.4, -0.2) is 55.4 Å². The highest BCUT2D eigenvalue weighted by molar-refractivity contribution is 14.1. The molecule has 1 aromatic rings. The van der Waals surface area contributed by atoms with Crippen molar-refractivity contribution in [1.82, 2.24) is 9.80 Å². The van der Waals surface area contributed by atoms with Crippen LogP contribution in [-0.2, 0) is 0 Å². The SMILES string of the molecule is CN1CCN(CC(=O)c2ccc(I)cc2)CC1. The van der Waals surface area contributed by atoms with Gasteiger partial charge in [0, 0.05) is 35.3 Å². The molecule has 0 N–H and O–H groups in total. The zero-order valence-electron chi connectivity index (χ0n) is 10.0. The summed E-state index contributed by atoms with van der Waals surface area (Å²) >= 11 is 2.25. The van der Waals surface area contributed by atoms with Crippen LogP contribution in [0.1, 0.15) is 10.4 Å². The summed E-state index contributed by atoms with van der Waals surface area (Å²) in [5.74, 6) is 0.228. The fraction of sp³-hybridized carbons (Fsp3) is 0.462. The van der Waals surface area contributed by atoms with Gasteiger partial charge in [0.05, 0.1) is 6.54 Å². The number of halogens is 1. The number of likely N-dealkylation sites (N-methyl/N-ethyl adjacent to an activating group) is 1. The van der Waals surface area contributed by atoms with Crippen molar-refractivity contribution in [1.29, 1.82) is 0 Å². The van der Waals surface area contributed by atoms with Crippen molar-refractivity contribution in [3.8, 4) is 0 Å². The van der Waals surface area contributed by atoms with E-state index in [1.807, 2.05) is 24.3 Å². The highest BCUT2D eigenvalue weighted by Gasteiger charge is 2.17. The van der Waals surface area contributed by atoms with Crippen molar-refractivity contribution in [3.05, 3.63) is 33.4 Å². The van der Waals surface area contributed by atoms with Crippen molar-refractivity contribution in [2.75, 3.05) is 39.8 Å². The Morgan fingerprint density at radius 3 is 2.35 bits per heavy atom. The molecule has 1 aliphatic rings. The molecule has 1 saturated heterocycles. The van der Waals surface area contributed by atoms with Crippen molar-refractivity contribution in [2.24, 2.45) is 0 Å². The van der Waals surface area contributed by atoms with Crippen LogP contribution in [0.25, 0.3) is 0 Å². The van der Waals surface area contributed by atoms with E-state index in [4.69, 9.17) is 0 Å². The Balaban J connectivity index is 1.91. The highest BCUT2D eigenvalue weighted by atomic mass is 127. The number of rotatable bonds is 3. The molecule has 0 bridgehead atoms. The summed E-state index contributed by atoms with van der Waals surface area (Å²) < 4.78 is 1.17. The van der Waals surface area contributed by atoms with E-state index in [2.05, 4.69) is 39.4 Å². The Morgan fingerprint density at radius 2 is 1.76 bits per heavy atom.